The highest BCUT2D eigenvalue weighted by molar-refractivity contribution is 5.98. The molecule has 17 heavy (non-hydrogen) atoms. The van der Waals surface area contributed by atoms with Crippen LogP contribution in [0.4, 0.5) is 0 Å². The zero-order valence-electron chi connectivity index (χ0n) is 10.7. The Morgan fingerprint density at radius 2 is 2.24 bits per heavy atom. The van der Waals surface area contributed by atoms with Gasteiger partial charge in [0, 0.05) is 12.7 Å². The van der Waals surface area contributed by atoms with Gasteiger partial charge in [-0.3, -0.25) is 4.79 Å². The van der Waals surface area contributed by atoms with Crippen LogP contribution in [0.5, 0.6) is 0 Å². The van der Waals surface area contributed by atoms with Gasteiger partial charge in [-0.15, -0.1) is 0 Å². The molecular weight excluding hydrogens is 220 g/mol. The van der Waals surface area contributed by atoms with Crippen molar-refractivity contribution in [1.82, 2.24) is 0 Å². The fraction of sp³-hybridized carbons (Fsp3) is 0.769. The second kappa shape index (κ2) is 4.78. The number of hydrogen-bond donors (Lipinski definition) is 0. The van der Waals surface area contributed by atoms with Crippen molar-refractivity contribution in [3.8, 4) is 0 Å². The Kier molecular flexibility index (Phi) is 3.54. The normalized spacial score (nSPS) is 29.7. The molecule has 0 saturated carbocycles. The summed E-state index contributed by atoms with van der Waals surface area (Å²) >= 11 is 0. The van der Waals surface area contributed by atoms with Crippen LogP contribution in [0, 0.1) is 0 Å². The first-order valence-electron chi connectivity index (χ1n) is 6.21. The van der Waals surface area contributed by atoms with Crippen LogP contribution in [-0.2, 0) is 19.0 Å². The summed E-state index contributed by atoms with van der Waals surface area (Å²) in [5, 5.41) is 0. The van der Waals surface area contributed by atoms with Crippen molar-refractivity contribution in [3.05, 3.63) is 11.8 Å². The zero-order valence-corrected chi connectivity index (χ0v) is 10.7. The Labute approximate surface area is 102 Å². The number of hydrogen-bond acceptors (Lipinski definition) is 4. The van der Waals surface area contributed by atoms with E-state index in [2.05, 4.69) is 0 Å². The Bertz CT molecular complexity index is 326. The Hall–Kier alpha value is -0.870. The third-order valence-corrected chi connectivity index (χ3v) is 3.13. The molecular formula is C13H20O4. The summed E-state index contributed by atoms with van der Waals surface area (Å²) in [5.74, 6) is 0.599. The first-order chi connectivity index (χ1) is 7.99. The van der Waals surface area contributed by atoms with Crippen molar-refractivity contribution in [1.29, 1.82) is 0 Å². The SMILES string of the molecule is CC(OC1CCCCO1)C1=CC(=O)C(C)(C)O1. The number of ketones is 1. The lowest BCUT2D eigenvalue weighted by atomic mass is 10.1. The van der Waals surface area contributed by atoms with Crippen LogP contribution in [-0.4, -0.2) is 30.4 Å². The maximum Gasteiger partial charge on any atom is 0.202 e. The van der Waals surface area contributed by atoms with Gasteiger partial charge >= 0.3 is 0 Å². The molecule has 2 unspecified atom stereocenters. The molecule has 2 aliphatic heterocycles. The lowest BCUT2D eigenvalue weighted by Crippen LogP contribution is -2.31. The maximum absolute atomic E-state index is 11.6. The van der Waals surface area contributed by atoms with Crippen molar-refractivity contribution in [2.75, 3.05) is 6.61 Å². The molecule has 0 spiro atoms. The van der Waals surface area contributed by atoms with E-state index < -0.39 is 5.60 Å². The van der Waals surface area contributed by atoms with Gasteiger partial charge in [-0.2, -0.15) is 0 Å². The average molecular weight is 240 g/mol. The highest BCUT2D eigenvalue weighted by atomic mass is 16.7. The number of rotatable bonds is 3. The molecule has 0 aliphatic carbocycles. The van der Waals surface area contributed by atoms with E-state index in [1.165, 1.54) is 6.08 Å². The summed E-state index contributed by atoms with van der Waals surface area (Å²) in [6.45, 7) is 6.17. The third-order valence-electron chi connectivity index (χ3n) is 3.13. The van der Waals surface area contributed by atoms with Gasteiger partial charge in [0.25, 0.3) is 0 Å². The molecule has 0 amide bonds. The minimum Gasteiger partial charge on any atom is -0.481 e. The lowest BCUT2D eigenvalue weighted by Gasteiger charge is -2.27. The molecule has 96 valence electrons. The molecule has 2 aliphatic rings. The molecule has 0 radical (unpaired) electrons. The van der Waals surface area contributed by atoms with Crippen LogP contribution >= 0.6 is 0 Å². The molecule has 4 nitrogen and oxygen atoms in total. The van der Waals surface area contributed by atoms with E-state index in [0.717, 1.165) is 25.9 Å². The van der Waals surface area contributed by atoms with Gasteiger partial charge in [-0.25, -0.2) is 0 Å². The van der Waals surface area contributed by atoms with Crippen LogP contribution in [0.25, 0.3) is 0 Å². The second-order valence-electron chi connectivity index (χ2n) is 5.10. The Morgan fingerprint density at radius 3 is 2.76 bits per heavy atom. The van der Waals surface area contributed by atoms with Crippen molar-refractivity contribution in [2.24, 2.45) is 0 Å². The summed E-state index contributed by atoms with van der Waals surface area (Å²) in [6, 6.07) is 0. The molecule has 2 atom stereocenters. The van der Waals surface area contributed by atoms with Crippen LogP contribution < -0.4 is 0 Å². The molecule has 0 aromatic heterocycles. The summed E-state index contributed by atoms with van der Waals surface area (Å²) in [7, 11) is 0. The summed E-state index contributed by atoms with van der Waals surface area (Å²) in [4.78, 5) is 11.6. The van der Waals surface area contributed by atoms with Gasteiger partial charge in [0.15, 0.2) is 11.9 Å². The maximum atomic E-state index is 11.6. The number of carbonyl (C=O) groups is 1. The largest absolute Gasteiger partial charge is 0.481 e. The molecule has 2 heterocycles. The molecule has 1 fully saturated rings. The van der Waals surface area contributed by atoms with E-state index >= 15 is 0 Å². The van der Waals surface area contributed by atoms with Gasteiger partial charge in [0.2, 0.25) is 5.78 Å². The van der Waals surface area contributed by atoms with Gasteiger partial charge in [0.1, 0.15) is 11.9 Å². The van der Waals surface area contributed by atoms with Gasteiger partial charge in [-0.05, 0) is 40.0 Å². The Morgan fingerprint density at radius 1 is 1.47 bits per heavy atom. The average Bonchev–Trinajstić information content (AvgIpc) is 2.55. The second-order valence-corrected chi connectivity index (χ2v) is 5.10. The number of ether oxygens (including phenoxy) is 3. The standard InChI is InChI=1S/C13H20O4/c1-9(16-12-6-4-5-7-15-12)10-8-11(14)13(2,3)17-10/h8-9,12H,4-7H2,1-3H3. The van der Waals surface area contributed by atoms with Crippen molar-refractivity contribution in [3.63, 3.8) is 0 Å². The summed E-state index contributed by atoms with van der Waals surface area (Å²) in [5.41, 5.74) is -0.750. The quantitative estimate of drug-likeness (QED) is 0.758. The van der Waals surface area contributed by atoms with Crippen LogP contribution in [0.1, 0.15) is 40.0 Å². The van der Waals surface area contributed by atoms with E-state index in [9.17, 15) is 4.79 Å². The smallest absolute Gasteiger partial charge is 0.202 e. The monoisotopic (exact) mass is 240 g/mol. The molecule has 2 rings (SSSR count). The minimum absolute atomic E-state index is 0.00693. The first-order valence-corrected chi connectivity index (χ1v) is 6.21. The fourth-order valence-electron chi connectivity index (χ4n) is 1.99. The fourth-order valence-corrected chi connectivity index (χ4v) is 1.99. The molecule has 4 heteroatoms. The van der Waals surface area contributed by atoms with Crippen molar-refractivity contribution in [2.45, 2.75) is 58.0 Å². The van der Waals surface area contributed by atoms with E-state index in [-0.39, 0.29) is 18.2 Å². The van der Waals surface area contributed by atoms with E-state index in [1.54, 1.807) is 13.8 Å². The first kappa shape index (κ1) is 12.6. The van der Waals surface area contributed by atoms with Gasteiger partial charge in [-0.1, -0.05) is 0 Å². The topological polar surface area (TPSA) is 44.8 Å². The van der Waals surface area contributed by atoms with Crippen LogP contribution in [0.15, 0.2) is 11.8 Å². The van der Waals surface area contributed by atoms with E-state index in [1.807, 2.05) is 6.92 Å². The zero-order chi connectivity index (χ0) is 12.5. The highest BCUT2D eigenvalue weighted by Crippen LogP contribution is 2.28. The summed E-state index contributed by atoms with van der Waals surface area (Å²) < 4.78 is 16.8. The predicted octanol–water partition coefficient (Wildman–Crippen LogP) is 2.18. The van der Waals surface area contributed by atoms with Crippen molar-refractivity contribution >= 4 is 5.78 Å². The van der Waals surface area contributed by atoms with Crippen molar-refractivity contribution < 1.29 is 19.0 Å². The molecule has 0 aromatic carbocycles. The van der Waals surface area contributed by atoms with Gasteiger partial charge < -0.3 is 14.2 Å². The molecule has 1 saturated heterocycles. The lowest BCUT2D eigenvalue weighted by molar-refractivity contribution is -0.185. The van der Waals surface area contributed by atoms with Crippen LogP contribution in [0.3, 0.4) is 0 Å². The molecule has 0 N–H and O–H groups in total. The van der Waals surface area contributed by atoms with E-state index in [4.69, 9.17) is 14.2 Å². The predicted molar refractivity (Wildman–Crippen MR) is 62.4 cm³/mol. The highest BCUT2D eigenvalue weighted by Gasteiger charge is 2.37. The Balaban J connectivity index is 1.90. The number of carbonyl (C=O) groups excluding carboxylic acids is 1. The summed E-state index contributed by atoms with van der Waals surface area (Å²) in [6.07, 6.45) is 4.27. The molecule has 0 bridgehead atoms. The van der Waals surface area contributed by atoms with E-state index in [0.29, 0.717) is 5.76 Å². The third kappa shape index (κ3) is 2.87. The molecule has 0 aromatic rings. The minimum atomic E-state index is -0.750. The van der Waals surface area contributed by atoms with Crippen LogP contribution in [0.2, 0.25) is 0 Å². The van der Waals surface area contributed by atoms with Gasteiger partial charge in [0.05, 0.1) is 0 Å².